The van der Waals surface area contributed by atoms with E-state index in [9.17, 15) is 17.1 Å². The summed E-state index contributed by atoms with van der Waals surface area (Å²) in [6.07, 6.45) is 0.355. The van der Waals surface area contributed by atoms with Crippen LogP contribution in [0.3, 0.4) is 0 Å². The molecule has 0 saturated carbocycles. The fraction of sp³-hybridized carbons (Fsp3) is 0.375. The molecule has 5 nitrogen and oxygen atoms in total. The molecule has 0 unspecified atom stereocenters. The zero-order valence-corrected chi connectivity index (χ0v) is 9.68. The molecule has 0 radical (unpaired) electrons. The van der Waals surface area contributed by atoms with E-state index >= 15 is 0 Å². The van der Waals surface area contributed by atoms with E-state index in [4.69, 9.17) is 9.84 Å². The smallest absolute Gasteiger partial charge is 0.341 e. The second-order valence-corrected chi connectivity index (χ2v) is 5.60. The Kier molecular flexibility index (Phi) is 4.39. The minimum absolute atomic E-state index is 0.151. The van der Waals surface area contributed by atoms with E-state index < -0.39 is 22.8 Å². The van der Waals surface area contributed by atoms with Gasteiger partial charge in [0.05, 0.1) is 6.61 Å². The predicted octanol–water partition coefficient (Wildman–Crippen LogP) is 1.05. The summed E-state index contributed by atoms with van der Waals surface area (Å²) in [7, 11) is -4.64. The Hall–Kier alpha value is -0.990. The van der Waals surface area contributed by atoms with Crippen LogP contribution in [0.4, 0.5) is 3.89 Å². The van der Waals surface area contributed by atoms with Crippen LogP contribution in [0.1, 0.15) is 4.88 Å². The van der Waals surface area contributed by atoms with E-state index in [-0.39, 0.29) is 10.8 Å². The summed E-state index contributed by atoms with van der Waals surface area (Å²) in [5, 5.41) is 8.27. The Bertz CT molecular complexity index is 465. The average Bonchev–Trinajstić information content (AvgIpc) is 2.59. The molecule has 0 aliphatic carbocycles. The van der Waals surface area contributed by atoms with E-state index in [0.29, 0.717) is 11.3 Å². The average molecular weight is 268 g/mol. The Labute approximate surface area is 95.7 Å². The predicted molar refractivity (Wildman–Crippen MR) is 54.8 cm³/mol. The number of carbonyl (C=O) groups is 1. The highest BCUT2D eigenvalue weighted by Gasteiger charge is 2.14. The van der Waals surface area contributed by atoms with Gasteiger partial charge in [-0.05, 0) is 12.1 Å². The van der Waals surface area contributed by atoms with Crippen molar-refractivity contribution in [2.24, 2.45) is 0 Å². The van der Waals surface area contributed by atoms with Crippen LogP contribution in [0, 0.1) is 0 Å². The lowest BCUT2D eigenvalue weighted by molar-refractivity contribution is -0.142. The molecular weight excluding hydrogens is 259 g/mol. The molecule has 8 heteroatoms. The van der Waals surface area contributed by atoms with Gasteiger partial charge in [-0.2, -0.15) is 8.42 Å². The number of aliphatic carboxylic acids is 1. The van der Waals surface area contributed by atoms with Gasteiger partial charge in [0.1, 0.15) is 6.61 Å². The minimum Gasteiger partial charge on any atom is -0.480 e. The number of ether oxygens (including phenoxy) is 1. The molecule has 1 rings (SSSR count). The molecule has 1 N–H and O–H groups in total. The molecule has 16 heavy (non-hydrogen) atoms. The molecule has 0 aliphatic heterocycles. The molecule has 0 aromatic carbocycles. The van der Waals surface area contributed by atoms with Gasteiger partial charge in [0.2, 0.25) is 0 Å². The van der Waals surface area contributed by atoms with Crippen molar-refractivity contribution in [3.8, 4) is 0 Å². The second-order valence-electron chi connectivity index (χ2n) is 2.85. The highest BCUT2D eigenvalue weighted by atomic mass is 32.3. The number of thiophene rings is 1. The number of hydrogen-bond acceptors (Lipinski definition) is 5. The Morgan fingerprint density at radius 3 is 2.69 bits per heavy atom. The van der Waals surface area contributed by atoms with Crippen molar-refractivity contribution in [2.45, 2.75) is 10.6 Å². The Morgan fingerprint density at radius 2 is 2.19 bits per heavy atom. The van der Waals surface area contributed by atoms with Crippen LogP contribution in [0.15, 0.2) is 16.3 Å². The number of carboxylic acid groups (broad SMARTS) is 1. The van der Waals surface area contributed by atoms with E-state index in [1.54, 1.807) is 0 Å². The summed E-state index contributed by atoms with van der Waals surface area (Å²) in [6, 6.07) is 2.65. The molecule has 0 fully saturated rings. The van der Waals surface area contributed by atoms with Crippen molar-refractivity contribution in [3.63, 3.8) is 0 Å². The van der Waals surface area contributed by atoms with Gasteiger partial charge in [0.15, 0.2) is 4.21 Å². The van der Waals surface area contributed by atoms with Crippen LogP contribution in [0.5, 0.6) is 0 Å². The van der Waals surface area contributed by atoms with Gasteiger partial charge in [-0.3, -0.25) is 0 Å². The first-order valence-corrected chi connectivity index (χ1v) is 6.42. The molecule has 0 bridgehead atoms. The van der Waals surface area contributed by atoms with Gasteiger partial charge in [-0.1, -0.05) is 3.89 Å². The van der Waals surface area contributed by atoms with Crippen molar-refractivity contribution in [2.75, 3.05) is 13.2 Å². The molecule has 1 aromatic rings. The first kappa shape index (κ1) is 13.1. The van der Waals surface area contributed by atoms with Gasteiger partial charge in [0, 0.05) is 11.3 Å². The molecule has 0 aliphatic rings. The van der Waals surface area contributed by atoms with Gasteiger partial charge < -0.3 is 9.84 Å². The highest BCUT2D eigenvalue weighted by molar-refractivity contribution is 7.88. The standard InChI is InChI=1S/C8H9FO5S2/c9-16(12,13)8-2-1-6(15-8)3-4-14-5-7(10)11/h1-2H,3-5H2,(H,10,11). The minimum atomic E-state index is -4.64. The zero-order valence-electron chi connectivity index (χ0n) is 8.05. The Morgan fingerprint density at radius 1 is 1.50 bits per heavy atom. The second kappa shape index (κ2) is 5.37. The zero-order chi connectivity index (χ0) is 12.2. The maximum atomic E-state index is 12.5. The van der Waals surface area contributed by atoms with Gasteiger partial charge in [-0.15, -0.1) is 11.3 Å². The summed E-state index contributed by atoms with van der Waals surface area (Å²) in [5.41, 5.74) is 0. The van der Waals surface area contributed by atoms with Crippen LogP contribution in [0.25, 0.3) is 0 Å². The van der Waals surface area contributed by atoms with Crippen LogP contribution in [-0.4, -0.2) is 32.7 Å². The van der Waals surface area contributed by atoms with E-state index in [0.717, 1.165) is 11.3 Å². The first-order valence-electron chi connectivity index (χ1n) is 4.22. The van der Waals surface area contributed by atoms with Crippen molar-refractivity contribution in [1.82, 2.24) is 0 Å². The molecule has 1 heterocycles. The van der Waals surface area contributed by atoms with Crippen molar-refractivity contribution in [1.29, 1.82) is 0 Å². The molecule has 0 atom stereocenters. The van der Waals surface area contributed by atoms with Crippen LogP contribution >= 0.6 is 11.3 Å². The molecule has 1 aromatic heterocycles. The summed E-state index contributed by atoms with van der Waals surface area (Å²) in [6.45, 7) is -0.252. The number of carboxylic acids is 1. The van der Waals surface area contributed by atoms with Crippen LogP contribution < -0.4 is 0 Å². The topological polar surface area (TPSA) is 80.7 Å². The third-order valence-corrected chi connectivity index (χ3v) is 4.00. The molecule has 0 saturated heterocycles. The lowest BCUT2D eigenvalue weighted by atomic mass is 10.4. The number of hydrogen-bond donors (Lipinski definition) is 1. The number of rotatable bonds is 6. The maximum Gasteiger partial charge on any atom is 0.341 e. The number of halogens is 1. The quantitative estimate of drug-likeness (QED) is 0.616. The van der Waals surface area contributed by atoms with E-state index in [2.05, 4.69) is 0 Å². The van der Waals surface area contributed by atoms with E-state index in [1.807, 2.05) is 0 Å². The largest absolute Gasteiger partial charge is 0.480 e. The van der Waals surface area contributed by atoms with Crippen LogP contribution in [0.2, 0.25) is 0 Å². The monoisotopic (exact) mass is 268 g/mol. The summed E-state index contributed by atoms with van der Waals surface area (Å²) in [5.74, 6) is -1.07. The van der Waals surface area contributed by atoms with Crippen molar-refractivity contribution >= 4 is 27.5 Å². The third kappa shape index (κ3) is 4.25. The lowest BCUT2D eigenvalue weighted by Gasteiger charge is -1.98. The lowest BCUT2D eigenvalue weighted by Crippen LogP contribution is -2.08. The summed E-state index contributed by atoms with van der Waals surface area (Å²) in [4.78, 5) is 10.7. The van der Waals surface area contributed by atoms with Crippen molar-refractivity contribution in [3.05, 3.63) is 17.0 Å². The fourth-order valence-corrected chi connectivity index (χ4v) is 2.62. The van der Waals surface area contributed by atoms with E-state index in [1.165, 1.54) is 12.1 Å². The van der Waals surface area contributed by atoms with Crippen molar-refractivity contribution < 1.29 is 26.9 Å². The van der Waals surface area contributed by atoms with Gasteiger partial charge in [0.25, 0.3) is 0 Å². The fourth-order valence-electron chi connectivity index (χ4n) is 0.956. The third-order valence-electron chi connectivity index (χ3n) is 1.60. The highest BCUT2D eigenvalue weighted by Crippen LogP contribution is 2.23. The summed E-state index contributed by atoms with van der Waals surface area (Å²) >= 11 is 0.808. The molecule has 0 amide bonds. The Balaban J connectivity index is 2.44. The summed E-state index contributed by atoms with van der Waals surface area (Å²) < 4.78 is 37.9. The normalized spacial score (nSPS) is 11.6. The van der Waals surface area contributed by atoms with Crippen LogP contribution in [-0.2, 0) is 26.2 Å². The SMILES string of the molecule is O=C(O)COCCc1ccc(S(=O)(=O)F)s1. The first-order chi connectivity index (χ1) is 7.39. The molecular formula is C8H9FO5S2. The molecule has 0 spiro atoms. The molecule has 90 valence electrons. The van der Waals surface area contributed by atoms with Gasteiger partial charge >= 0.3 is 16.2 Å². The van der Waals surface area contributed by atoms with Gasteiger partial charge in [-0.25, -0.2) is 4.79 Å². The maximum absolute atomic E-state index is 12.5.